The molecule has 1 aliphatic rings. The lowest BCUT2D eigenvalue weighted by Gasteiger charge is -2.18. The van der Waals surface area contributed by atoms with Crippen LogP contribution in [0.5, 0.6) is 0 Å². The number of morpholine rings is 1. The Labute approximate surface area is 59.4 Å². The normalized spacial score (nSPS) is 22.3. The second-order valence-electron chi connectivity index (χ2n) is 1.96. The standard InChI is InChI=1S/C7H9NO2/c1-3-6-5(2)10-4-7(9)8-6/h3H,2,4H2,1H3,(H,8,9)/b6-3-. The van der Waals surface area contributed by atoms with Crippen molar-refractivity contribution in [1.82, 2.24) is 5.32 Å². The van der Waals surface area contributed by atoms with E-state index in [1.54, 1.807) is 6.08 Å². The molecule has 54 valence electrons. The molecule has 1 heterocycles. The Bertz CT molecular complexity index is 206. The van der Waals surface area contributed by atoms with Crippen LogP contribution >= 0.6 is 0 Å². The van der Waals surface area contributed by atoms with Crippen molar-refractivity contribution < 1.29 is 9.53 Å². The smallest absolute Gasteiger partial charge is 0.262 e. The largest absolute Gasteiger partial charge is 0.482 e. The first kappa shape index (κ1) is 6.86. The number of ether oxygens (including phenoxy) is 1. The maximum Gasteiger partial charge on any atom is 0.262 e. The lowest BCUT2D eigenvalue weighted by Crippen LogP contribution is -2.33. The molecule has 3 heteroatoms. The average molecular weight is 139 g/mol. The maximum absolute atomic E-state index is 10.7. The van der Waals surface area contributed by atoms with Crippen LogP contribution in [0.3, 0.4) is 0 Å². The summed E-state index contributed by atoms with van der Waals surface area (Å²) < 4.78 is 4.92. The third-order valence-electron chi connectivity index (χ3n) is 1.24. The molecule has 1 rings (SSSR count). The molecule has 0 unspecified atom stereocenters. The van der Waals surface area contributed by atoms with E-state index in [-0.39, 0.29) is 12.5 Å². The van der Waals surface area contributed by atoms with Gasteiger partial charge in [0.2, 0.25) is 0 Å². The molecule has 0 aliphatic carbocycles. The van der Waals surface area contributed by atoms with E-state index >= 15 is 0 Å². The van der Waals surface area contributed by atoms with Gasteiger partial charge in [-0.15, -0.1) is 0 Å². The summed E-state index contributed by atoms with van der Waals surface area (Å²) in [4.78, 5) is 10.7. The van der Waals surface area contributed by atoms with Gasteiger partial charge in [-0.1, -0.05) is 12.7 Å². The van der Waals surface area contributed by atoms with Crippen LogP contribution in [0, 0.1) is 0 Å². The van der Waals surface area contributed by atoms with Crippen molar-refractivity contribution in [2.75, 3.05) is 6.61 Å². The van der Waals surface area contributed by atoms with Gasteiger partial charge in [0, 0.05) is 0 Å². The Kier molecular flexibility index (Phi) is 1.76. The van der Waals surface area contributed by atoms with E-state index in [1.807, 2.05) is 6.92 Å². The van der Waals surface area contributed by atoms with Gasteiger partial charge in [0.25, 0.3) is 5.91 Å². The summed E-state index contributed by atoms with van der Waals surface area (Å²) in [7, 11) is 0. The highest BCUT2D eigenvalue weighted by Gasteiger charge is 2.14. The molecule has 1 aliphatic heterocycles. The molecule has 1 fully saturated rings. The van der Waals surface area contributed by atoms with Gasteiger partial charge in [-0.05, 0) is 6.92 Å². The predicted molar refractivity (Wildman–Crippen MR) is 37.0 cm³/mol. The molecule has 0 atom stereocenters. The van der Waals surface area contributed by atoms with Crippen molar-refractivity contribution in [3.8, 4) is 0 Å². The van der Waals surface area contributed by atoms with E-state index in [0.29, 0.717) is 11.5 Å². The van der Waals surface area contributed by atoms with Gasteiger partial charge in [0.1, 0.15) is 5.76 Å². The Morgan fingerprint density at radius 2 is 2.50 bits per heavy atom. The second-order valence-corrected chi connectivity index (χ2v) is 1.96. The molecule has 0 radical (unpaired) electrons. The third-order valence-corrected chi connectivity index (χ3v) is 1.24. The van der Waals surface area contributed by atoms with Crippen LogP contribution in [0.1, 0.15) is 6.92 Å². The summed E-state index contributed by atoms with van der Waals surface area (Å²) in [5.41, 5.74) is 0.663. The van der Waals surface area contributed by atoms with Crippen LogP contribution in [0.4, 0.5) is 0 Å². The SMILES string of the molecule is C=C1OCC(=O)N/C1=C\C. The molecular weight excluding hydrogens is 130 g/mol. The van der Waals surface area contributed by atoms with Crippen LogP contribution in [0.15, 0.2) is 24.1 Å². The highest BCUT2D eigenvalue weighted by atomic mass is 16.5. The second kappa shape index (κ2) is 2.56. The van der Waals surface area contributed by atoms with Crippen LogP contribution < -0.4 is 5.32 Å². The number of hydrogen-bond acceptors (Lipinski definition) is 2. The highest BCUT2D eigenvalue weighted by molar-refractivity contribution is 5.81. The van der Waals surface area contributed by atoms with Gasteiger partial charge in [-0.3, -0.25) is 4.79 Å². The number of carbonyl (C=O) groups excluding carboxylic acids is 1. The Balaban J connectivity index is 2.72. The number of amides is 1. The number of rotatable bonds is 0. The summed E-state index contributed by atoms with van der Waals surface area (Å²) in [5, 5.41) is 2.61. The number of allylic oxidation sites excluding steroid dienone is 1. The van der Waals surface area contributed by atoms with E-state index in [1.165, 1.54) is 0 Å². The van der Waals surface area contributed by atoms with Crippen LogP contribution in [-0.4, -0.2) is 12.5 Å². The monoisotopic (exact) mass is 139 g/mol. The van der Waals surface area contributed by atoms with E-state index in [2.05, 4.69) is 11.9 Å². The topological polar surface area (TPSA) is 38.3 Å². The number of carbonyl (C=O) groups is 1. The summed E-state index contributed by atoms with van der Waals surface area (Å²) in [5.74, 6) is 0.405. The van der Waals surface area contributed by atoms with Crippen molar-refractivity contribution in [3.63, 3.8) is 0 Å². The van der Waals surface area contributed by atoms with E-state index in [9.17, 15) is 4.79 Å². The van der Waals surface area contributed by atoms with Crippen LogP contribution in [-0.2, 0) is 9.53 Å². The summed E-state index contributed by atoms with van der Waals surface area (Å²) in [6.45, 7) is 5.49. The fourth-order valence-corrected chi connectivity index (χ4v) is 0.720. The Hall–Kier alpha value is -1.25. The molecule has 0 aromatic rings. The zero-order chi connectivity index (χ0) is 7.56. The van der Waals surface area contributed by atoms with Gasteiger partial charge >= 0.3 is 0 Å². The van der Waals surface area contributed by atoms with E-state index < -0.39 is 0 Å². The zero-order valence-electron chi connectivity index (χ0n) is 5.81. The molecular formula is C7H9NO2. The number of nitrogens with one attached hydrogen (secondary N) is 1. The molecule has 1 amide bonds. The van der Waals surface area contributed by atoms with Crippen molar-refractivity contribution in [3.05, 3.63) is 24.1 Å². The molecule has 1 N–H and O–H groups in total. The van der Waals surface area contributed by atoms with Gasteiger partial charge in [-0.2, -0.15) is 0 Å². The first-order valence-corrected chi connectivity index (χ1v) is 3.02. The molecule has 0 bridgehead atoms. The quantitative estimate of drug-likeness (QED) is 0.532. The van der Waals surface area contributed by atoms with Crippen LogP contribution in [0.25, 0.3) is 0 Å². The van der Waals surface area contributed by atoms with Gasteiger partial charge in [0.05, 0.1) is 5.70 Å². The van der Waals surface area contributed by atoms with Crippen LogP contribution in [0.2, 0.25) is 0 Å². The fraction of sp³-hybridized carbons (Fsp3) is 0.286. The van der Waals surface area contributed by atoms with Gasteiger partial charge in [-0.25, -0.2) is 0 Å². The molecule has 0 saturated carbocycles. The molecule has 0 spiro atoms. The molecule has 10 heavy (non-hydrogen) atoms. The molecule has 0 aromatic carbocycles. The first-order chi connectivity index (χ1) is 4.74. The lowest BCUT2D eigenvalue weighted by molar-refractivity contribution is -0.125. The third kappa shape index (κ3) is 1.18. The van der Waals surface area contributed by atoms with Gasteiger partial charge in [0.15, 0.2) is 6.61 Å². The minimum absolute atomic E-state index is 0.0795. The fourth-order valence-electron chi connectivity index (χ4n) is 0.720. The van der Waals surface area contributed by atoms with Crippen molar-refractivity contribution in [2.45, 2.75) is 6.92 Å². The van der Waals surface area contributed by atoms with Crippen molar-refractivity contribution in [1.29, 1.82) is 0 Å². The average Bonchev–Trinajstić information content (AvgIpc) is 1.94. The Morgan fingerprint density at radius 3 is 3.00 bits per heavy atom. The number of hydrogen-bond donors (Lipinski definition) is 1. The van der Waals surface area contributed by atoms with E-state index in [0.717, 1.165) is 0 Å². The zero-order valence-corrected chi connectivity index (χ0v) is 5.81. The molecule has 3 nitrogen and oxygen atoms in total. The summed E-state index contributed by atoms with van der Waals surface area (Å²) >= 11 is 0. The summed E-state index contributed by atoms with van der Waals surface area (Å²) in [6, 6.07) is 0. The van der Waals surface area contributed by atoms with Crippen molar-refractivity contribution >= 4 is 5.91 Å². The maximum atomic E-state index is 10.7. The lowest BCUT2D eigenvalue weighted by atomic mass is 10.3. The molecule has 1 saturated heterocycles. The minimum Gasteiger partial charge on any atom is -0.482 e. The Morgan fingerprint density at radius 1 is 1.80 bits per heavy atom. The first-order valence-electron chi connectivity index (χ1n) is 3.02. The van der Waals surface area contributed by atoms with E-state index in [4.69, 9.17) is 4.74 Å². The highest BCUT2D eigenvalue weighted by Crippen LogP contribution is 2.09. The van der Waals surface area contributed by atoms with Crippen molar-refractivity contribution in [2.24, 2.45) is 0 Å². The molecule has 0 aromatic heterocycles. The minimum atomic E-state index is -0.125. The predicted octanol–water partition coefficient (Wildman–Crippen LogP) is 0.550. The van der Waals surface area contributed by atoms with Gasteiger partial charge < -0.3 is 10.1 Å². The summed E-state index contributed by atoms with van der Waals surface area (Å²) in [6.07, 6.45) is 1.75.